The number of rotatable bonds is 12. The monoisotopic (exact) mass is 537 g/mol. The number of nitrogens with zero attached hydrogens (tertiary/aromatic N) is 3. The Kier molecular flexibility index (Phi) is 11.8. The van der Waals surface area contributed by atoms with Crippen molar-refractivity contribution >= 4 is 18.0 Å². The minimum Gasteiger partial charge on any atom is -0.450 e. The topological polar surface area (TPSA) is 36.0 Å². The second-order valence-electron chi connectivity index (χ2n) is 11.0. The second-order valence-corrected chi connectivity index (χ2v) is 12.3. The molecule has 0 spiro atoms. The normalized spacial score (nSPS) is 18.4. The molecule has 1 saturated carbocycles. The maximum Gasteiger partial charge on any atom is 0.410 e. The van der Waals surface area contributed by atoms with Gasteiger partial charge in [0.2, 0.25) is 0 Å². The van der Waals surface area contributed by atoms with Crippen LogP contribution in [0.25, 0.3) is 0 Å². The van der Waals surface area contributed by atoms with E-state index in [-0.39, 0.29) is 6.09 Å². The van der Waals surface area contributed by atoms with E-state index in [4.69, 9.17) is 4.74 Å². The minimum atomic E-state index is -0.0976. The van der Waals surface area contributed by atoms with Crippen LogP contribution in [0.2, 0.25) is 0 Å². The third kappa shape index (κ3) is 9.03. The predicted octanol–water partition coefficient (Wildman–Crippen LogP) is 7.30. The number of benzene rings is 2. The van der Waals surface area contributed by atoms with Crippen LogP contribution in [0.1, 0.15) is 69.8 Å². The zero-order chi connectivity index (χ0) is 26.6. The van der Waals surface area contributed by atoms with Crippen LogP contribution in [-0.4, -0.2) is 72.6 Å². The first-order chi connectivity index (χ1) is 18.6. The molecule has 208 valence electrons. The first-order valence-corrected chi connectivity index (χ1v) is 15.5. The highest BCUT2D eigenvalue weighted by molar-refractivity contribution is 7.97. The van der Waals surface area contributed by atoms with Crippen molar-refractivity contribution in [3.05, 3.63) is 66.2 Å². The number of piperidine rings is 1. The fourth-order valence-corrected chi connectivity index (χ4v) is 7.01. The molecule has 1 aliphatic carbocycles. The van der Waals surface area contributed by atoms with Gasteiger partial charge in [0.05, 0.1) is 6.61 Å². The van der Waals surface area contributed by atoms with E-state index < -0.39 is 0 Å². The summed E-state index contributed by atoms with van der Waals surface area (Å²) in [6.45, 7) is 7.47. The number of ether oxygens (including phenoxy) is 1. The third-order valence-corrected chi connectivity index (χ3v) is 9.17. The molecule has 0 aromatic heterocycles. The fourth-order valence-electron chi connectivity index (χ4n) is 6.12. The van der Waals surface area contributed by atoms with Crippen LogP contribution in [0.4, 0.5) is 4.79 Å². The van der Waals surface area contributed by atoms with Gasteiger partial charge in [-0.1, -0.05) is 67.8 Å². The van der Waals surface area contributed by atoms with Crippen LogP contribution in [0.15, 0.2) is 65.6 Å². The molecule has 0 N–H and O–H groups in total. The highest BCUT2D eigenvalue weighted by atomic mass is 32.2. The summed E-state index contributed by atoms with van der Waals surface area (Å²) in [5.74, 6) is 1.13. The van der Waals surface area contributed by atoms with Crippen molar-refractivity contribution in [2.45, 2.75) is 75.1 Å². The fraction of sp³-hybridized carbons (Fsp3) is 0.594. The largest absolute Gasteiger partial charge is 0.450 e. The van der Waals surface area contributed by atoms with E-state index in [1.807, 2.05) is 18.9 Å². The summed E-state index contributed by atoms with van der Waals surface area (Å²) in [4.78, 5) is 18.9. The Morgan fingerprint density at radius 1 is 0.974 bits per heavy atom. The van der Waals surface area contributed by atoms with Crippen LogP contribution in [0.3, 0.4) is 0 Å². The number of likely N-dealkylation sites (tertiary alicyclic amines) is 1. The molecule has 0 bridgehead atoms. The van der Waals surface area contributed by atoms with Gasteiger partial charge in [0, 0.05) is 37.1 Å². The van der Waals surface area contributed by atoms with E-state index in [0.717, 1.165) is 52.0 Å². The van der Waals surface area contributed by atoms with Gasteiger partial charge < -0.3 is 14.5 Å². The molecule has 1 saturated heterocycles. The summed E-state index contributed by atoms with van der Waals surface area (Å²) >= 11 is 1.82. The second kappa shape index (κ2) is 15.5. The molecule has 2 fully saturated rings. The molecule has 1 heterocycles. The van der Waals surface area contributed by atoms with Gasteiger partial charge in [-0.15, -0.1) is 0 Å². The lowest BCUT2D eigenvalue weighted by molar-refractivity contribution is 0.0561. The van der Waals surface area contributed by atoms with Crippen molar-refractivity contribution in [1.29, 1.82) is 0 Å². The average molecular weight is 538 g/mol. The van der Waals surface area contributed by atoms with Gasteiger partial charge in [-0.2, -0.15) is 0 Å². The van der Waals surface area contributed by atoms with Gasteiger partial charge in [0.25, 0.3) is 0 Å². The number of carbonyl (C=O) groups is 1. The molecule has 2 aromatic carbocycles. The summed E-state index contributed by atoms with van der Waals surface area (Å²) in [7, 11) is 2.20. The summed E-state index contributed by atoms with van der Waals surface area (Å²) < 4.78 is 7.88. The predicted molar refractivity (Wildman–Crippen MR) is 158 cm³/mol. The van der Waals surface area contributed by atoms with Crippen molar-refractivity contribution in [2.24, 2.45) is 5.92 Å². The molecule has 1 atom stereocenters. The van der Waals surface area contributed by atoms with Gasteiger partial charge in [-0.25, -0.2) is 9.10 Å². The Labute approximate surface area is 235 Å². The standard InChI is InChI=1S/C32H47N3O2S/c1-3-37-32(36)35(25-27-13-7-4-8-14-27)30-20-23-34(24-21-30)22-19-29(28-15-9-5-10-16-28)26-33(2)38-31-17-11-6-12-18-31/h5-6,9-12,15-18,27,29-30H,3-4,7-8,13-14,19-26H2,1-2H3. The van der Waals surface area contributed by atoms with Gasteiger partial charge in [0.1, 0.15) is 0 Å². The minimum absolute atomic E-state index is 0.0976. The number of likely N-dealkylation sites (N-methyl/N-ethyl adjacent to an activating group) is 1. The maximum absolute atomic E-state index is 12.9. The third-order valence-electron chi connectivity index (χ3n) is 8.23. The Morgan fingerprint density at radius 3 is 2.29 bits per heavy atom. The highest BCUT2D eigenvalue weighted by Crippen LogP contribution is 2.29. The number of carbonyl (C=O) groups excluding carboxylic acids is 1. The highest BCUT2D eigenvalue weighted by Gasteiger charge is 2.31. The Balaban J connectivity index is 1.30. The van der Waals surface area contributed by atoms with Crippen molar-refractivity contribution < 1.29 is 9.53 Å². The van der Waals surface area contributed by atoms with E-state index in [2.05, 4.69) is 81.8 Å². The van der Waals surface area contributed by atoms with Crippen molar-refractivity contribution in [2.75, 3.05) is 46.4 Å². The molecule has 38 heavy (non-hydrogen) atoms. The van der Waals surface area contributed by atoms with Gasteiger partial charge in [-0.3, -0.25) is 0 Å². The molecule has 1 amide bonds. The zero-order valence-electron chi connectivity index (χ0n) is 23.5. The molecule has 1 unspecified atom stereocenters. The first-order valence-electron chi connectivity index (χ1n) is 14.8. The summed E-state index contributed by atoms with van der Waals surface area (Å²) in [6, 6.07) is 21.9. The van der Waals surface area contributed by atoms with Gasteiger partial charge in [-0.05, 0) is 94.1 Å². The van der Waals surface area contributed by atoms with Crippen LogP contribution in [0.5, 0.6) is 0 Å². The van der Waals surface area contributed by atoms with E-state index in [9.17, 15) is 4.79 Å². The average Bonchev–Trinajstić information content (AvgIpc) is 2.96. The van der Waals surface area contributed by atoms with Gasteiger partial charge >= 0.3 is 6.09 Å². The Hall–Kier alpha value is -2.02. The number of hydrogen-bond donors (Lipinski definition) is 0. The molecule has 5 nitrogen and oxygen atoms in total. The molecular formula is C32H47N3O2S. The lowest BCUT2D eigenvalue weighted by Gasteiger charge is -2.40. The molecule has 6 heteroatoms. The van der Waals surface area contributed by atoms with Crippen LogP contribution < -0.4 is 0 Å². The SMILES string of the molecule is CCOC(=O)N(CC1CCCCC1)C1CCN(CCC(CN(C)Sc2ccccc2)c2ccccc2)CC1. The van der Waals surface area contributed by atoms with Crippen molar-refractivity contribution in [3.63, 3.8) is 0 Å². The van der Waals surface area contributed by atoms with Crippen molar-refractivity contribution in [3.8, 4) is 0 Å². The maximum atomic E-state index is 12.9. The molecule has 2 aromatic rings. The smallest absolute Gasteiger partial charge is 0.410 e. The summed E-state index contributed by atoms with van der Waals surface area (Å²) in [5, 5.41) is 0. The van der Waals surface area contributed by atoms with E-state index in [1.54, 1.807) is 0 Å². The van der Waals surface area contributed by atoms with Crippen molar-refractivity contribution in [1.82, 2.24) is 14.1 Å². The molecule has 1 aliphatic heterocycles. The van der Waals surface area contributed by atoms with Crippen LogP contribution in [0, 0.1) is 5.92 Å². The van der Waals surface area contributed by atoms with Crippen LogP contribution >= 0.6 is 11.9 Å². The van der Waals surface area contributed by atoms with Gasteiger partial charge in [0.15, 0.2) is 0 Å². The lowest BCUT2D eigenvalue weighted by atomic mass is 9.88. The first kappa shape index (κ1) is 29.0. The van der Waals surface area contributed by atoms with E-state index in [0.29, 0.717) is 24.5 Å². The lowest BCUT2D eigenvalue weighted by Crippen LogP contribution is -2.49. The Morgan fingerprint density at radius 2 is 1.63 bits per heavy atom. The number of hydrogen-bond acceptors (Lipinski definition) is 5. The summed E-state index contributed by atoms with van der Waals surface area (Å²) in [6.07, 6.45) is 9.61. The number of amides is 1. The summed E-state index contributed by atoms with van der Waals surface area (Å²) in [5.41, 5.74) is 1.42. The van der Waals surface area contributed by atoms with E-state index >= 15 is 0 Å². The Bertz CT molecular complexity index is 930. The van der Waals surface area contributed by atoms with Crippen LogP contribution in [-0.2, 0) is 4.74 Å². The molecule has 4 rings (SSSR count). The molecule has 2 aliphatic rings. The molecule has 0 radical (unpaired) electrons. The van der Waals surface area contributed by atoms with E-state index in [1.165, 1.54) is 42.6 Å². The quantitative estimate of drug-likeness (QED) is 0.266. The molecular weight excluding hydrogens is 490 g/mol. The zero-order valence-corrected chi connectivity index (χ0v) is 24.3.